The van der Waals surface area contributed by atoms with E-state index in [0.29, 0.717) is 32.1 Å². The number of nitrogens with one attached hydrogen (secondary N) is 1. The van der Waals surface area contributed by atoms with Gasteiger partial charge in [-0.1, -0.05) is 11.8 Å². The van der Waals surface area contributed by atoms with Crippen LogP contribution in [0.3, 0.4) is 0 Å². The molecule has 1 fully saturated rings. The van der Waals surface area contributed by atoms with Crippen molar-refractivity contribution < 1.29 is 19.0 Å². The highest BCUT2D eigenvalue weighted by atomic mass is 32.2. The van der Waals surface area contributed by atoms with Crippen molar-refractivity contribution in [1.29, 1.82) is 0 Å². The number of amides is 1. The van der Waals surface area contributed by atoms with Crippen molar-refractivity contribution in [3.63, 3.8) is 0 Å². The van der Waals surface area contributed by atoms with Gasteiger partial charge in [-0.15, -0.1) is 10.2 Å². The molecule has 0 bridgehead atoms. The lowest BCUT2D eigenvalue weighted by Crippen LogP contribution is -2.32. The highest BCUT2D eigenvalue weighted by molar-refractivity contribution is 7.99. The number of nitrogens with zero attached hydrogens (tertiary/aromatic N) is 3. The van der Waals surface area contributed by atoms with Crippen molar-refractivity contribution in [2.45, 2.75) is 44.0 Å². The fourth-order valence-electron chi connectivity index (χ4n) is 3.41. The molecule has 2 aliphatic rings. The Hall–Kier alpha value is -2.26. The van der Waals surface area contributed by atoms with Gasteiger partial charge in [0.05, 0.1) is 25.1 Å². The summed E-state index contributed by atoms with van der Waals surface area (Å²) in [5.74, 6) is 2.52. The van der Waals surface area contributed by atoms with Crippen LogP contribution in [0.2, 0.25) is 0 Å². The molecule has 2 aliphatic heterocycles. The smallest absolute Gasteiger partial charge is 0.230 e. The second-order valence-electron chi connectivity index (χ2n) is 6.99. The van der Waals surface area contributed by atoms with E-state index >= 15 is 0 Å². The van der Waals surface area contributed by atoms with Crippen LogP contribution in [0.15, 0.2) is 23.4 Å². The van der Waals surface area contributed by atoms with Crippen LogP contribution in [0.1, 0.15) is 26.2 Å². The van der Waals surface area contributed by atoms with Crippen LogP contribution in [0.5, 0.6) is 11.5 Å². The third-order valence-corrected chi connectivity index (χ3v) is 5.89. The Bertz CT molecular complexity index is 851. The van der Waals surface area contributed by atoms with Gasteiger partial charge in [-0.05, 0) is 38.0 Å². The summed E-state index contributed by atoms with van der Waals surface area (Å²) in [6.45, 7) is 5.40. The zero-order valence-corrected chi connectivity index (χ0v) is 17.4. The van der Waals surface area contributed by atoms with E-state index in [2.05, 4.69) is 15.5 Å². The number of carbonyl (C=O) groups excluding carboxylic acids is 1. The van der Waals surface area contributed by atoms with E-state index in [-0.39, 0.29) is 12.0 Å². The zero-order valence-electron chi connectivity index (χ0n) is 16.6. The zero-order chi connectivity index (χ0) is 20.1. The Labute approximate surface area is 174 Å². The molecule has 1 saturated heterocycles. The maximum atomic E-state index is 12.2. The Morgan fingerprint density at radius 1 is 1.21 bits per heavy atom. The quantitative estimate of drug-likeness (QED) is 0.691. The van der Waals surface area contributed by atoms with E-state index in [9.17, 15) is 4.79 Å². The van der Waals surface area contributed by atoms with Gasteiger partial charge in [-0.3, -0.25) is 4.79 Å². The minimum atomic E-state index is -0.0201. The van der Waals surface area contributed by atoms with E-state index in [1.165, 1.54) is 11.8 Å². The number of aromatic nitrogens is 3. The van der Waals surface area contributed by atoms with Gasteiger partial charge in [0.15, 0.2) is 22.5 Å². The van der Waals surface area contributed by atoms with Gasteiger partial charge in [0.25, 0.3) is 0 Å². The minimum Gasteiger partial charge on any atom is -0.490 e. The van der Waals surface area contributed by atoms with Crippen LogP contribution in [-0.4, -0.2) is 58.9 Å². The van der Waals surface area contributed by atoms with Gasteiger partial charge in [0.1, 0.15) is 0 Å². The van der Waals surface area contributed by atoms with E-state index in [4.69, 9.17) is 14.2 Å². The Kier molecular flexibility index (Phi) is 6.56. The van der Waals surface area contributed by atoms with Crippen molar-refractivity contribution in [3.8, 4) is 22.9 Å². The summed E-state index contributed by atoms with van der Waals surface area (Å²) in [5, 5.41) is 12.3. The van der Waals surface area contributed by atoms with Gasteiger partial charge < -0.3 is 24.1 Å². The Balaban J connectivity index is 1.41. The monoisotopic (exact) mass is 418 g/mol. The first-order chi connectivity index (χ1) is 14.2. The van der Waals surface area contributed by atoms with Crippen molar-refractivity contribution in [3.05, 3.63) is 18.2 Å². The summed E-state index contributed by atoms with van der Waals surface area (Å²) < 4.78 is 19.0. The van der Waals surface area contributed by atoms with Crippen LogP contribution in [-0.2, 0) is 16.1 Å². The molecular formula is C20H26N4O4S. The van der Waals surface area contributed by atoms with Crippen LogP contribution >= 0.6 is 11.8 Å². The Morgan fingerprint density at radius 3 is 2.86 bits per heavy atom. The SMILES string of the molecule is CCn1c(SCC(=O)NC[C@@H]2CCCO2)nnc1-c1ccc2c(c1)OCCCO2. The standard InChI is InChI=1S/C20H26N4O4S/c1-2-24-19(14-6-7-16-17(11-14)28-10-4-9-27-16)22-23-20(24)29-13-18(25)21-12-15-5-3-8-26-15/h6-7,11,15H,2-5,8-10,12-13H2,1H3,(H,21,25)/t15-/m0/s1. The van der Waals surface area contributed by atoms with Gasteiger partial charge >= 0.3 is 0 Å². The highest BCUT2D eigenvalue weighted by Crippen LogP contribution is 2.34. The maximum Gasteiger partial charge on any atom is 0.230 e. The fraction of sp³-hybridized carbons (Fsp3) is 0.550. The number of hydrogen-bond donors (Lipinski definition) is 1. The number of hydrogen-bond acceptors (Lipinski definition) is 7. The summed E-state index contributed by atoms with van der Waals surface area (Å²) in [6.07, 6.45) is 3.09. The second-order valence-corrected chi connectivity index (χ2v) is 7.93. The van der Waals surface area contributed by atoms with Crippen molar-refractivity contribution in [2.75, 3.05) is 32.1 Å². The molecule has 2 aromatic rings. The number of fused-ring (bicyclic) bond motifs is 1. The average molecular weight is 419 g/mol. The topological polar surface area (TPSA) is 87.5 Å². The molecule has 1 atom stereocenters. The highest BCUT2D eigenvalue weighted by Gasteiger charge is 2.19. The van der Waals surface area contributed by atoms with E-state index in [1.54, 1.807) is 0 Å². The lowest BCUT2D eigenvalue weighted by atomic mass is 10.2. The molecule has 3 heterocycles. The molecule has 29 heavy (non-hydrogen) atoms. The normalized spacial score (nSPS) is 18.4. The molecule has 0 unspecified atom stereocenters. The first-order valence-corrected chi connectivity index (χ1v) is 11.1. The minimum absolute atomic E-state index is 0.0201. The predicted molar refractivity (Wildman–Crippen MR) is 109 cm³/mol. The molecule has 1 aromatic carbocycles. The molecular weight excluding hydrogens is 392 g/mol. The van der Waals surface area contributed by atoms with E-state index < -0.39 is 0 Å². The summed E-state index contributed by atoms with van der Waals surface area (Å²) in [4.78, 5) is 12.2. The lowest BCUT2D eigenvalue weighted by molar-refractivity contribution is -0.119. The number of rotatable bonds is 7. The molecule has 1 N–H and O–H groups in total. The van der Waals surface area contributed by atoms with Gasteiger partial charge in [-0.2, -0.15) is 0 Å². The van der Waals surface area contributed by atoms with Crippen LogP contribution in [0.4, 0.5) is 0 Å². The summed E-state index contributed by atoms with van der Waals surface area (Å²) in [7, 11) is 0. The van der Waals surface area contributed by atoms with Gasteiger partial charge in [-0.25, -0.2) is 0 Å². The van der Waals surface area contributed by atoms with Crippen molar-refractivity contribution in [1.82, 2.24) is 20.1 Å². The number of carbonyl (C=O) groups is 1. The number of benzene rings is 1. The summed E-state index contributed by atoms with van der Waals surface area (Å²) in [6, 6.07) is 5.82. The van der Waals surface area contributed by atoms with E-state index in [0.717, 1.165) is 53.9 Å². The molecule has 8 nitrogen and oxygen atoms in total. The van der Waals surface area contributed by atoms with Crippen LogP contribution in [0.25, 0.3) is 11.4 Å². The lowest BCUT2D eigenvalue weighted by Gasteiger charge is -2.11. The first-order valence-electron chi connectivity index (χ1n) is 10.1. The molecule has 0 aliphatic carbocycles. The molecule has 4 rings (SSSR count). The van der Waals surface area contributed by atoms with Gasteiger partial charge in [0, 0.05) is 31.7 Å². The maximum absolute atomic E-state index is 12.2. The fourth-order valence-corrected chi connectivity index (χ4v) is 4.24. The largest absolute Gasteiger partial charge is 0.490 e. The third-order valence-electron chi connectivity index (χ3n) is 4.92. The first kappa shape index (κ1) is 20.0. The molecule has 0 saturated carbocycles. The van der Waals surface area contributed by atoms with Crippen LogP contribution < -0.4 is 14.8 Å². The molecule has 156 valence electrons. The van der Waals surface area contributed by atoms with Crippen molar-refractivity contribution in [2.24, 2.45) is 0 Å². The molecule has 1 aromatic heterocycles. The average Bonchev–Trinajstić information content (AvgIpc) is 3.34. The van der Waals surface area contributed by atoms with Crippen LogP contribution in [0, 0.1) is 0 Å². The molecule has 0 radical (unpaired) electrons. The third kappa shape index (κ3) is 4.84. The summed E-state index contributed by atoms with van der Waals surface area (Å²) in [5.41, 5.74) is 0.915. The number of thioether (sulfide) groups is 1. The molecule has 0 spiro atoms. The predicted octanol–water partition coefficient (Wildman–Crippen LogP) is 2.51. The number of ether oxygens (including phenoxy) is 3. The Morgan fingerprint density at radius 2 is 2.07 bits per heavy atom. The second kappa shape index (κ2) is 9.49. The summed E-state index contributed by atoms with van der Waals surface area (Å²) >= 11 is 1.39. The van der Waals surface area contributed by atoms with Gasteiger partial charge in [0.2, 0.25) is 5.91 Å². The van der Waals surface area contributed by atoms with E-state index in [1.807, 2.05) is 29.7 Å². The molecule has 9 heteroatoms. The molecule has 1 amide bonds. The van der Waals surface area contributed by atoms with Crippen molar-refractivity contribution >= 4 is 17.7 Å².